The molecule has 0 aliphatic carbocycles. The third-order valence-electron chi connectivity index (χ3n) is 21.6. The lowest BCUT2D eigenvalue weighted by atomic mass is 9.78. The Morgan fingerprint density at radius 3 is 0.519 bits per heavy atom. The van der Waals surface area contributed by atoms with Crippen LogP contribution in [0.4, 0.5) is 0 Å². The molecule has 504 valence electrons. The summed E-state index contributed by atoms with van der Waals surface area (Å²) in [5.74, 6) is 0. The molecule has 0 aliphatic heterocycles. The van der Waals surface area contributed by atoms with Crippen molar-refractivity contribution in [3.8, 4) is 134 Å². The molecular weight excluding hydrogens is 1300 g/mol. The highest BCUT2D eigenvalue weighted by Crippen LogP contribution is 2.54. The topological polar surface area (TPSA) is 0 Å². The van der Waals surface area contributed by atoms with Gasteiger partial charge in [-0.3, -0.25) is 0 Å². The largest absolute Gasteiger partial charge is 0.0622 e. The summed E-state index contributed by atoms with van der Waals surface area (Å²) in [5, 5.41) is 14.9. The first-order valence-corrected chi connectivity index (χ1v) is 37.4. The second kappa shape index (κ2) is 28.5. The summed E-state index contributed by atoms with van der Waals surface area (Å²) in [6.07, 6.45) is 0. The number of hydrogen-bond donors (Lipinski definition) is 0. The monoisotopic (exact) mass is 1370 g/mol. The number of hydrogen-bond acceptors (Lipinski definition) is 0. The van der Waals surface area contributed by atoms with Crippen LogP contribution >= 0.6 is 0 Å². The Bertz CT molecular complexity index is 6070. The van der Waals surface area contributed by atoms with Crippen LogP contribution in [0.2, 0.25) is 0 Å². The van der Waals surface area contributed by atoms with Gasteiger partial charge in [0.05, 0.1) is 0 Å². The molecule has 0 fully saturated rings. The van der Waals surface area contributed by atoms with E-state index in [4.69, 9.17) is 0 Å². The third-order valence-corrected chi connectivity index (χ3v) is 21.6. The molecule has 0 heterocycles. The zero-order valence-corrected chi connectivity index (χ0v) is 59.6. The lowest BCUT2D eigenvalue weighted by molar-refractivity contribution is 1.57. The molecule has 0 aromatic heterocycles. The lowest BCUT2D eigenvalue weighted by Crippen LogP contribution is -1.97. The molecular formula is C108H72. The second-order valence-corrected chi connectivity index (χ2v) is 28.1. The Kier molecular flexibility index (Phi) is 17.1. The quantitative estimate of drug-likeness (QED) is 0.107. The van der Waals surface area contributed by atoms with Crippen molar-refractivity contribution in [2.75, 3.05) is 0 Å². The third kappa shape index (κ3) is 12.2. The van der Waals surface area contributed by atoms with Crippen molar-refractivity contribution in [2.24, 2.45) is 0 Å². The van der Waals surface area contributed by atoms with Crippen LogP contribution < -0.4 is 0 Å². The molecule has 0 atom stereocenters. The van der Waals surface area contributed by atoms with Crippen LogP contribution in [0.5, 0.6) is 0 Å². The molecule has 0 spiro atoms. The maximum Gasteiger partial charge on any atom is -0.00137 e. The van der Waals surface area contributed by atoms with Crippen molar-refractivity contribution in [1.29, 1.82) is 0 Å². The van der Waals surface area contributed by atoms with E-state index in [-0.39, 0.29) is 0 Å². The van der Waals surface area contributed by atoms with E-state index in [9.17, 15) is 0 Å². The molecule has 0 saturated heterocycles. The number of rotatable bonds is 12. The summed E-state index contributed by atoms with van der Waals surface area (Å²) in [6, 6.07) is 160. The van der Waals surface area contributed by atoms with Gasteiger partial charge in [-0.2, -0.15) is 0 Å². The van der Waals surface area contributed by atoms with Gasteiger partial charge >= 0.3 is 0 Å². The highest BCUT2D eigenvalue weighted by molar-refractivity contribution is 6.28. The maximum absolute atomic E-state index is 2.44. The van der Waals surface area contributed by atoms with Gasteiger partial charge in [-0.15, -0.1) is 0 Å². The Balaban J connectivity index is 0.000000147. The van der Waals surface area contributed by atoms with Gasteiger partial charge in [0, 0.05) is 0 Å². The van der Waals surface area contributed by atoms with Gasteiger partial charge in [0.15, 0.2) is 0 Å². The molecule has 0 aliphatic rings. The first-order chi connectivity index (χ1) is 53.6. The van der Waals surface area contributed by atoms with E-state index in [1.807, 2.05) is 0 Å². The van der Waals surface area contributed by atoms with E-state index >= 15 is 0 Å². The molecule has 0 unspecified atom stereocenters. The van der Waals surface area contributed by atoms with E-state index in [1.165, 1.54) is 198 Å². The summed E-state index contributed by atoms with van der Waals surface area (Å²) in [6.45, 7) is 0. The van der Waals surface area contributed by atoms with Gasteiger partial charge < -0.3 is 0 Å². The summed E-state index contributed by atoms with van der Waals surface area (Å²) in [7, 11) is 0. The van der Waals surface area contributed by atoms with E-state index < -0.39 is 0 Å². The summed E-state index contributed by atoms with van der Waals surface area (Å²) < 4.78 is 0. The summed E-state index contributed by atoms with van der Waals surface area (Å²) >= 11 is 0. The van der Waals surface area contributed by atoms with Gasteiger partial charge in [0.2, 0.25) is 0 Å². The minimum atomic E-state index is 1.20. The minimum absolute atomic E-state index is 1.20. The molecule has 0 bridgehead atoms. The predicted octanol–water partition coefficient (Wildman–Crippen LogP) is 30.3. The Hall–Kier alpha value is -14.0. The van der Waals surface area contributed by atoms with Crippen LogP contribution in [0, 0.1) is 0 Å². The first-order valence-electron chi connectivity index (χ1n) is 37.4. The van der Waals surface area contributed by atoms with Crippen LogP contribution in [0.3, 0.4) is 0 Å². The molecule has 0 radical (unpaired) electrons. The minimum Gasteiger partial charge on any atom is -0.0622 e. The highest BCUT2D eigenvalue weighted by Gasteiger charge is 2.27. The van der Waals surface area contributed by atoms with Crippen molar-refractivity contribution in [3.63, 3.8) is 0 Å². The second-order valence-electron chi connectivity index (χ2n) is 28.1. The fourth-order valence-electron chi connectivity index (χ4n) is 16.7. The molecule has 0 saturated carbocycles. The number of fused-ring (bicyclic) bond motifs is 6. The highest BCUT2D eigenvalue weighted by atomic mass is 14.3. The van der Waals surface area contributed by atoms with Crippen molar-refractivity contribution >= 4 is 64.6 Å². The fourth-order valence-corrected chi connectivity index (χ4v) is 16.7. The average molecular weight is 1370 g/mol. The van der Waals surface area contributed by atoms with Gasteiger partial charge in [-0.1, -0.05) is 376 Å². The predicted molar refractivity (Wildman–Crippen MR) is 463 cm³/mol. The summed E-state index contributed by atoms with van der Waals surface area (Å²) in [4.78, 5) is 0. The van der Waals surface area contributed by atoms with Gasteiger partial charge in [0.1, 0.15) is 0 Å². The molecule has 20 aromatic rings. The van der Waals surface area contributed by atoms with Gasteiger partial charge in [-0.25, -0.2) is 0 Å². The molecule has 20 aromatic carbocycles. The average Bonchev–Trinajstić information content (AvgIpc) is 0.692. The fraction of sp³-hybridized carbons (Fsp3) is 0. The summed E-state index contributed by atoms with van der Waals surface area (Å²) in [5.41, 5.74) is 29.3. The van der Waals surface area contributed by atoms with Crippen LogP contribution in [-0.4, -0.2) is 0 Å². The van der Waals surface area contributed by atoms with E-state index in [2.05, 4.69) is 437 Å². The van der Waals surface area contributed by atoms with Crippen molar-refractivity contribution in [1.82, 2.24) is 0 Å². The molecule has 0 amide bonds. The van der Waals surface area contributed by atoms with E-state index in [1.54, 1.807) is 0 Å². The SMILES string of the molecule is c1ccc(-c2cc(-c3ccccc3)cc(-c3c4ccccc4c(-c4cc(-c5ccccc5)cc(-c5ccccc5)c4)c4cc5ccccc5cc34)c2)cc1.c1ccc(-c2cccc(-c3ccccc3)c2-c2c3ccccc3c(-c3c(-c4ccccc4)cccc3-c3ccccc3)c3cc4ccccc4cc23)cc1. The smallest absolute Gasteiger partial charge is 0.00137 e. The maximum atomic E-state index is 2.44. The van der Waals surface area contributed by atoms with Crippen LogP contribution in [0.15, 0.2) is 437 Å². The van der Waals surface area contributed by atoms with E-state index in [0.717, 1.165) is 0 Å². The lowest BCUT2D eigenvalue weighted by Gasteiger charge is -2.25. The zero-order valence-electron chi connectivity index (χ0n) is 59.6. The van der Waals surface area contributed by atoms with Crippen LogP contribution in [-0.2, 0) is 0 Å². The normalized spacial score (nSPS) is 11.3. The standard InChI is InChI=1S/2C54H36/c1-5-19-37(20-6-1)43-31-17-32-44(38-21-7-2-8-22-38)51(43)53-47-29-15-16-30-48(47)54(50-36-42-28-14-13-27-41(42)35-49(50)53)52-45(39-23-9-3-10-24-39)33-18-34-46(52)40-25-11-4-12-26-40;1-5-17-37(18-6-1)43-29-44(38-19-7-2-8-20-38)32-47(31-43)53-49-27-15-16-28-50(49)54(52-36-42-26-14-13-25-41(42)35-51(52)53)48-33-45(39-21-9-3-10-22-39)30-46(34-48)40-23-11-4-12-24-40/h2*1-36H. The van der Waals surface area contributed by atoms with Crippen molar-refractivity contribution in [3.05, 3.63) is 437 Å². The molecule has 0 heteroatoms. The zero-order chi connectivity index (χ0) is 71.7. The van der Waals surface area contributed by atoms with E-state index in [0.29, 0.717) is 0 Å². The molecule has 0 nitrogen and oxygen atoms in total. The number of benzene rings is 20. The molecule has 108 heavy (non-hydrogen) atoms. The Morgan fingerprint density at radius 1 is 0.0926 bits per heavy atom. The van der Waals surface area contributed by atoms with Gasteiger partial charge in [-0.05, 0) is 259 Å². The van der Waals surface area contributed by atoms with Crippen LogP contribution in [0.25, 0.3) is 198 Å². The Morgan fingerprint density at radius 2 is 0.278 bits per heavy atom. The van der Waals surface area contributed by atoms with Crippen molar-refractivity contribution < 1.29 is 0 Å². The Labute approximate surface area is 630 Å². The van der Waals surface area contributed by atoms with Crippen molar-refractivity contribution in [2.45, 2.75) is 0 Å². The first kappa shape index (κ1) is 64.8. The molecule has 20 rings (SSSR count). The van der Waals surface area contributed by atoms with Crippen LogP contribution in [0.1, 0.15) is 0 Å². The molecule has 0 N–H and O–H groups in total. The van der Waals surface area contributed by atoms with Gasteiger partial charge in [0.25, 0.3) is 0 Å².